The van der Waals surface area contributed by atoms with E-state index in [9.17, 15) is 0 Å². The molecule has 0 heteroatoms. The highest BCUT2D eigenvalue weighted by Gasteiger charge is 2.16. The zero-order chi connectivity index (χ0) is 4.41. The van der Waals surface area contributed by atoms with E-state index in [1.165, 1.54) is 6.42 Å². The molecule has 0 spiro atoms. The third kappa shape index (κ3) is 0.734. The van der Waals surface area contributed by atoms with Crippen LogP contribution >= 0.6 is 0 Å². The lowest BCUT2D eigenvalue weighted by molar-refractivity contribution is 1.17. The highest BCUT2D eigenvalue weighted by Crippen LogP contribution is 2.27. The molecule has 0 aromatic heterocycles. The molecule has 6 heavy (non-hydrogen) atoms. The monoisotopic (exact) mass is 79.1 g/mol. The highest BCUT2D eigenvalue weighted by molar-refractivity contribution is 5.06. The molecule has 1 rings (SSSR count). The molecule has 1 unspecified atom stereocenters. The smallest absolute Gasteiger partial charge is 0.0123 e. The van der Waals surface area contributed by atoms with Gasteiger partial charge in [0.05, 0.1) is 0 Å². The fourth-order valence-electron chi connectivity index (χ4n) is 0.366. The molecule has 0 nitrogen and oxygen atoms in total. The highest BCUT2D eigenvalue weighted by atomic mass is 14.2. The van der Waals surface area contributed by atoms with E-state index < -0.39 is 0 Å². The summed E-state index contributed by atoms with van der Waals surface area (Å²) in [6, 6.07) is 0. The molecule has 1 aliphatic carbocycles. The third-order valence-corrected chi connectivity index (χ3v) is 0.840. The Morgan fingerprint density at radius 1 is 2.00 bits per heavy atom. The van der Waals surface area contributed by atoms with Crippen LogP contribution in [-0.2, 0) is 0 Å². The van der Waals surface area contributed by atoms with Gasteiger partial charge in [-0.05, 0) is 24.8 Å². The molecule has 0 saturated heterocycles. The first-order valence-corrected chi connectivity index (χ1v) is 2.13. The lowest BCUT2D eigenvalue weighted by Crippen LogP contribution is -1.52. The van der Waals surface area contributed by atoms with Crippen LogP contribution in [-0.4, -0.2) is 0 Å². The maximum Gasteiger partial charge on any atom is -0.0123 e. The van der Waals surface area contributed by atoms with Crippen LogP contribution in [0.5, 0.6) is 0 Å². The Morgan fingerprint density at radius 2 is 2.67 bits per heavy atom. The fourth-order valence-corrected chi connectivity index (χ4v) is 0.366. The Hall–Kier alpha value is -0.480. The van der Waals surface area contributed by atoms with E-state index in [-0.39, 0.29) is 0 Å². The lowest BCUT2D eigenvalue weighted by atomic mass is 10.4. The quantitative estimate of drug-likeness (QED) is 0.418. The second-order valence-electron chi connectivity index (χ2n) is 1.51. The molecule has 0 N–H and O–H groups in total. The van der Waals surface area contributed by atoms with E-state index in [0.29, 0.717) is 0 Å². The molecule has 1 radical (unpaired) electrons. The maximum absolute atomic E-state index is 3.44. The van der Waals surface area contributed by atoms with Crippen LogP contribution in [0.4, 0.5) is 0 Å². The predicted molar refractivity (Wildman–Crippen MR) is 26.1 cm³/mol. The van der Waals surface area contributed by atoms with Gasteiger partial charge in [0, 0.05) is 0 Å². The maximum atomic E-state index is 3.44. The Bertz CT molecular complexity index is 82.2. The van der Waals surface area contributed by atoms with Crippen LogP contribution in [0.3, 0.4) is 0 Å². The Kier molecular flexibility index (Phi) is 0.813. The van der Waals surface area contributed by atoms with Gasteiger partial charge in [-0.15, -0.1) is 5.73 Å². The molecule has 0 aromatic rings. The average molecular weight is 79.1 g/mol. The van der Waals surface area contributed by atoms with Crippen LogP contribution in [0.25, 0.3) is 0 Å². The molecule has 0 bridgehead atoms. The predicted octanol–water partition coefficient (Wildman–Crippen LogP) is 1.55. The topological polar surface area (TPSA) is 0 Å². The van der Waals surface area contributed by atoms with Crippen molar-refractivity contribution >= 4 is 0 Å². The minimum absolute atomic E-state index is 0.725. The van der Waals surface area contributed by atoms with Crippen molar-refractivity contribution in [1.29, 1.82) is 0 Å². The van der Waals surface area contributed by atoms with E-state index in [1.54, 1.807) is 0 Å². The Balaban J connectivity index is 2.33. The van der Waals surface area contributed by atoms with Crippen molar-refractivity contribution in [2.75, 3.05) is 0 Å². The zero-order valence-corrected chi connectivity index (χ0v) is 3.65. The van der Waals surface area contributed by atoms with E-state index in [4.69, 9.17) is 0 Å². The van der Waals surface area contributed by atoms with Gasteiger partial charge < -0.3 is 0 Å². The van der Waals surface area contributed by atoms with Gasteiger partial charge in [-0.2, -0.15) is 0 Å². The van der Waals surface area contributed by atoms with Crippen molar-refractivity contribution < 1.29 is 0 Å². The summed E-state index contributed by atoms with van der Waals surface area (Å²) in [4.78, 5) is 0. The van der Waals surface area contributed by atoms with E-state index >= 15 is 0 Å². The number of rotatable bonds is 1. The molecule has 0 aromatic carbocycles. The second kappa shape index (κ2) is 1.32. The molecule has 31 valence electrons. The van der Waals surface area contributed by atoms with Crippen LogP contribution in [0.2, 0.25) is 0 Å². The normalized spacial score (nSPS) is 19.3. The number of allylic oxidation sites excluding steroid dienone is 1. The summed E-state index contributed by atoms with van der Waals surface area (Å²) in [5.74, 6) is 0.725. The van der Waals surface area contributed by atoms with Gasteiger partial charge in [0.15, 0.2) is 0 Å². The first-order chi connectivity index (χ1) is 2.93. The van der Waals surface area contributed by atoms with Gasteiger partial charge in [0.2, 0.25) is 0 Å². The van der Waals surface area contributed by atoms with Gasteiger partial charge >= 0.3 is 0 Å². The van der Waals surface area contributed by atoms with Gasteiger partial charge in [-0.1, -0.05) is 6.58 Å². The van der Waals surface area contributed by atoms with Gasteiger partial charge in [0.1, 0.15) is 0 Å². The molecular formula is C6H7. The molecule has 0 heterocycles. The zero-order valence-electron chi connectivity index (χ0n) is 3.65. The Labute approximate surface area is 38.2 Å². The molecule has 0 amide bonds. The second-order valence-corrected chi connectivity index (χ2v) is 1.51. The molecular weight excluding hydrogens is 72.1 g/mol. The van der Waals surface area contributed by atoms with E-state index in [1.807, 2.05) is 6.08 Å². The van der Waals surface area contributed by atoms with Crippen molar-refractivity contribution in [3.63, 3.8) is 0 Å². The van der Waals surface area contributed by atoms with Crippen molar-refractivity contribution in [1.82, 2.24) is 0 Å². The molecule has 0 aliphatic heterocycles. The number of hydrogen-bond acceptors (Lipinski definition) is 0. The summed E-state index contributed by atoms with van der Waals surface area (Å²) < 4.78 is 0. The van der Waals surface area contributed by atoms with Crippen molar-refractivity contribution in [3.8, 4) is 0 Å². The Morgan fingerprint density at radius 3 is 2.83 bits per heavy atom. The minimum atomic E-state index is 0.725. The van der Waals surface area contributed by atoms with E-state index in [2.05, 4.69) is 18.7 Å². The van der Waals surface area contributed by atoms with Crippen molar-refractivity contribution in [2.24, 2.45) is 5.92 Å². The molecule has 1 fully saturated rings. The van der Waals surface area contributed by atoms with Gasteiger partial charge in [-0.3, -0.25) is 0 Å². The largest absolute Gasteiger partial charge is 0.133 e. The summed E-state index contributed by atoms with van der Waals surface area (Å²) in [7, 11) is 0. The summed E-state index contributed by atoms with van der Waals surface area (Å²) in [5, 5.41) is 0. The average Bonchev–Trinajstić information content (AvgIpc) is 2.21. The molecule has 1 saturated carbocycles. The van der Waals surface area contributed by atoms with Crippen LogP contribution in [0.1, 0.15) is 6.42 Å². The first kappa shape index (κ1) is 3.70. The lowest BCUT2D eigenvalue weighted by Gasteiger charge is -1.63. The van der Waals surface area contributed by atoms with Crippen LogP contribution in [0, 0.1) is 12.3 Å². The SMILES string of the molecule is C=C=CC1[CH]C1. The van der Waals surface area contributed by atoms with E-state index in [0.717, 1.165) is 5.92 Å². The van der Waals surface area contributed by atoms with Gasteiger partial charge in [-0.25, -0.2) is 0 Å². The molecule has 1 atom stereocenters. The third-order valence-electron chi connectivity index (χ3n) is 0.840. The van der Waals surface area contributed by atoms with Crippen LogP contribution < -0.4 is 0 Å². The fraction of sp³-hybridized carbons (Fsp3) is 0.333. The standard InChI is InChI=1S/C6H7/c1-2-3-6-4-5-6/h3-4,6H,1,5H2. The van der Waals surface area contributed by atoms with Crippen LogP contribution in [0.15, 0.2) is 18.4 Å². The summed E-state index contributed by atoms with van der Waals surface area (Å²) in [6.07, 6.45) is 5.45. The first-order valence-electron chi connectivity index (χ1n) is 2.13. The van der Waals surface area contributed by atoms with Gasteiger partial charge in [0.25, 0.3) is 0 Å². The van der Waals surface area contributed by atoms with Crippen molar-refractivity contribution in [2.45, 2.75) is 6.42 Å². The summed E-state index contributed by atoms with van der Waals surface area (Å²) in [5.41, 5.74) is 2.72. The minimum Gasteiger partial charge on any atom is -0.133 e. The molecule has 1 aliphatic rings. The number of hydrogen-bond donors (Lipinski definition) is 0. The van der Waals surface area contributed by atoms with Crippen molar-refractivity contribution in [3.05, 3.63) is 24.8 Å². The summed E-state index contributed by atoms with van der Waals surface area (Å²) in [6.45, 7) is 3.44. The summed E-state index contributed by atoms with van der Waals surface area (Å²) >= 11 is 0.